The Kier molecular flexibility index (Phi) is 3.50. The topological polar surface area (TPSA) is 41.0 Å². The van der Waals surface area contributed by atoms with Gasteiger partial charge in [-0.15, -0.1) is 0 Å². The number of nitrogens with zero attached hydrogens (tertiary/aromatic N) is 3. The smallest absolute Gasteiger partial charge is 0.134 e. The lowest BCUT2D eigenvalue weighted by Gasteiger charge is -2.40. The fourth-order valence-electron chi connectivity index (χ4n) is 2.69. The highest BCUT2D eigenvalue weighted by Gasteiger charge is 2.26. The molecule has 1 fully saturated rings. The quantitative estimate of drug-likeness (QED) is 0.854. The predicted octanol–water partition coefficient (Wildman–Crippen LogP) is 2.59. The van der Waals surface area contributed by atoms with E-state index in [1.807, 2.05) is 20.0 Å². The van der Waals surface area contributed by atoms with Crippen LogP contribution >= 0.6 is 0 Å². The summed E-state index contributed by atoms with van der Waals surface area (Å²) in [5, 5.41) is 3.10. The Balaban J connectivity index is 2.34. The molecule has 94 valence electrons. The molecule has 1 N–H and O–H groups in total. The Bertz CT molecular complexity index is 381. The number of rotatable bonds is 2. The summed E-state index contributed by atoms with van der Waals surface area (Å²) >= 11 is 0. The Hall–Kier alpha value is -1.32. The number of aromatic nitrogens is 2. The average Bonchev–Trinajstić information content (AvgIpc) is 2.28. The molecule has 2 rings (SSSR count). The molecular formula is C13H22N4. The zero-order valence-electron chi connectivity index (χ0n) is 11.2. The highest BCUT2D eigenvalue weighted by Crippen LogP contribution is 2.28. The first-order valence-corrected chi connectivity index (χ1v) is 6.43. The summed E-state index contributed by atoms with van der Waals surface area (Å²) in [7, 11) is 1.90. The molecule has 4 nitrogen and oxygen atoms in total. The van der Waals surface area contributed by atoms with E-state index in [-0.39, 0.29) is 0 Å². The van der Waals surface area contributed by atoms with Crippen LogP contribution in [0.5, 0.6) is 0 Å². The lowest BCUT2D eigenvalue weighted by molar-refractivity contribution is 0.411. The van der Waals surface area contributed by atoms with Crippen LogP contribution in [0.1, 0.15) is 38.9 Å². The van der Waals surface area contributed by atoms with E-state index in [4.69, 9.17) is 0 Å². The monoisotopic (exact) mass is 234 g/mol. The van der Waals surface area contributed by atoms with Gasteiger partial charge in [0, 0.05) is 25.2 Å². The van der Waals surface area contributed by atoms with E-state index < -0.39 is 0 Å². The van der Waals surface area contributed by atoms with Crippen LogP contribution in [-0.4, -0.2) is 29.1 Å². The normalized spacial score (nSPS) is 24.8. The van der Waals surface area contributed by atoms with Crippen molar-refractivity contribution in [1.29, 1.82) is 0 Å². The van der Waals surface area contributed by atoms with Gasteiger partial charge in [0.15, 0.2) is 0 Å². The van der Waals surface area contributed by atoms with Crippen LogP contribution in [0.2, 0.25) is 0 Å². The number of hydrogen-bond acceptors (Lipinski definition) is 4. The largest absolute Gasteiger partial charge is 0.373 e. The van der Waals surface area contributed by atoms with E-state index in [1.54, 1.807) is 0 Å². The predicted molar refractivity (Wildman–Crippen MR) is 71.6 cm³/mol. The van der Waals surface area contributed by atoms with Crippen molar-refractivity contribution in [2.45, 2.75) is 52.1 Å². The first-order chi connectivity index (χ1) is 8.11. The van der Waals surface area contributed by atoms with Gasteiger partial charge in [0.05, 0.1) is 0 Å². The second kappa shape index (κ2) is 4.90. The molecule has 1 aliphatic rings. The molecule has 1 aliphatic heterocycles. The first kappa shape index (κ1) is 12.1. The molecule has 1 saturated heterocycles. The molecule has 2 heterocycles. The van der Waals surface area contributed by atoms with Gasteiger partial charge >= 0.3 is 0 Å². The summed E-state index contributed by atoms with van der Waals surface area (Å²) in [4.78, 5) is 11.4. The second-order valence-corrected chi connectivity index (χ2v) is 4.94. The maximum atomic E-state index is 4.58. The van der Waals surface area contributed by atoms with Crippen molar-refractivity contribution in [1.82, 2.24) is 9.97 Å². The number of hydrogen-bond donors (Lipinski definition) is 1. The third kappa shape index (κ3) is 2.51. The molecular weight excluding hydrogens is 212 g/mol. The van der Waals surface area contributed by atoms with Gasteiger partial charge in [-0.2, -0.15) is 0 Å². The van der Waals surface area contributed by atoms with E-state index in [9.17, 15) is 0 Å². The van der Waals surface area contributed by atoms with Crippen LogP contribution in [0.4, 0.5) is 11.6 Å². The summed E-state index contributed by atoms with van der Waals surface area (Å²) in [6.45, 7) is 6.52. The fourth-order valence-corrected chi connectivity index (χ4v) is 2.69. The highest BCUT2D eigenvalue weighted by atomic mass is 15.2. The SMILES string of the molecule is CNc1cc(N2[C@H](C)CCC[C@H]2C)nc(C)n1. The summed E-state index contributed by atoms with van der Waals surface area (Å²) < 4.78 is 0. The van der Waals surface area contributed by atoms with Gasteiger partial charge in [-0.1, -0.05) is 0 Å². The van der Waals surface area contributed by atoms with Crippen molar-refractivity contribution in [2.24, 2.45) is 0 Å². The molecule has 0 amide bonds. The Labute approximate surface area is 103 Å². The minimum Gasteiger partial charge on any atom is -0.373 e. The van der Waals surface area contributed by atoms with Gasteiger partial charge in [-0.25, -0.2) is 9.97 Å². The van der Waals surface area contributed by atoms with Crippen molar-refractivity contribution in [3.05, 3.63) is 11.9 Å². The second-order valence-electron chi connectivity index (χ2n) is 4.94. The minimum atomic E-state index is 0.567. The number of aryl methyl sites for hydroxylation is 1. The van der Waals surface area contributed by atoms with Crippen LogP contribution in [0, 0.1) is 6.92 Å². The molecule has 2 atom stereocenters. The van der Waals surface area contributed by atoms with Crippen molar-refractivity contribution in [2.75, 3.05) is 17.3 Å². The average molecular weight is 234 g/mol. The van der Waals surface area contributed by atoms with E-state index >= 15 is 0 Å². The maximum absolute atomic E-state index is 4.58. The van der Waals surface area contributed by atoms with Crippen molar-refractivity contribution < 1.29 is 0 Å². The molecule has 0 aliphatic carbocycles. The maximum Gasteiger partial charge on any atom is 0.134 e. The summed E-state index contributed by atoms with van der Waals surface area (Å²) in [6, 6.07) is 3.18. The lowest BCUT2D eigenvalue weighted by Crippen LogP contribution is -2.44. The summed E-state index contributed by atoms with van der Waals surface area (Å²) in [6.07, 6.45) is 3.83. The van der Waals surface area contributed by atoms with Crippen LogP contribution in [0.25, 0.3) is 0 Å². The Morgan fingerprint density at radius 2 is 1.88 bits per heavy atom. The Morgan fingerprint density at radius 3 is 2.47 bits per heavy atom. The molecule has 0 bridgehead atoms. The van der Waals surface area contributed by atoms with Crippen LogP contribution in [0.15, 0.2) is 6.07 Å². The van der Waals surface area contributed by atoms with Crippen molar-refractivity contribution >= 4 is 11.6 Å². The molecule has 0 saturated carbocycles. The molecule has 0 spiro atoms. The molecule has 1 aromatic rings. The van der Waals surface area contributed by atoms with Gasteiger partial charge in [0.1, 0.15) is 17.5 Å². The van der Waals surface area contributed by atoms with Gasteiger partial charge in [0.2, 0.25) is 0 Å². The molecule has 1 aromatic heterocycles. The van der Waals surface area contributed by atoms with E-state index in [0.717, 1.165) is 17.5 Å². The highest BCUT2D eigenvalue weighted by molar-refractivity contribution is 5.50. The Morgan fingerprint density at radius 1 is 1.24 bits per heavy atom. The molecule has 17 heavy (non-hydrogen) atoms. The first-order valence-electron chi connectivity index (χ1n) is 6.43. The number of anilines is 2. The number of nitrogens with one attached hydrogen (secondary N) is 1. The molecule has 0 aromatic carbocycles. The van der Waals surface area contributed by atoms with E-state index in [2.05, 4.69) is 34.0 Å². The summed E-state index contributed by atoms with van der Waals surface area (Å²) in [5.74, 6) is 2.79. The van der Waals surface area contributed by atoms with Crippen LogP contribution in [-0.2, 0) is 0 Å². The van der Waals surface area contributed by atoms with Crippen LogP contribution < -0.4 is 10.2 Å². The zero-order chi connectivity index (χ0) is 12.4. The standard InChI is InChI=1S/C13H22N4/c1-9-6-5-7-10(2)17(9)13-8-12(14-4)15-11(3)16-13/h8-10H,5-7H2,1-4H3,(H,14,15,16)/t9-,10-/m1/s1. The van der Waals surface area contributed by atoms with Crippen LogP contribution in [0.3, 0.4) is 0 Å². The van der Waals surface area contributed by atoms with Gasteiger partial charge < -0.3 is 10.2 Å². The van der Waals surface area contributed by atoms with E-state index in [0.29, 0.717) is 12.1 Å². The molecule has 0 unspecified atom stereocenters. The summed E-state index contributed by atoms with van der Waals surface area (Å²) in [5.41, 5.74) is 0. The third-order valence-corrected chi connectivity index (χ3v) is 3.54. The van der Waals surface area contributed by atoms with Crippen molar-refractivity contribution in [3.63, 3.8) is 0 Å². The minimum absolute atomic E-state index is 0.567. The number of piperidine rings is 1. The lowest BCUT2D eigenvalue weighted by atomic mass is 9.97. The van der Waals surface area contributed by atoms with Gasteiger partial charge in [-0.3, -0.25) is 0 Å². The zero-order valence-corrected chi connectivity index (χ0v) is 11.2. The van der Waals surface area contributed by atoms with Gasteiger partial charge in [0.25, 0.3) is 0 Å². The van der Waals surface area contributed by atoms with Gasteiger partial charge in [-0.05, 0) is 40.0 Å². The third-order valence-electron chi connectivity index (χ3n) is 3.54. The van der Waals surface area contributed by atoms with Crippen molar-refractivity contribution in [3.8, 4) is 0 Å². The molecule has 0 radical (unpaired) electrons. The fraction of sp³-hybridized carbons (Fsp3) is 0.692. The molecule has 4 heteroatoms. The van der Waals surface area contributed by atoms with E-state index in [1.165, 1.54) is 19.3 Å².